The van der Waals surface area contributed by atoms with Crippen LogP contribution in [0.15, 0.2) is 6.33 Å². The van der Waals surface area contributed by atoms with E-state index in [-0.39, 0.29) is 0 Å². The van der Waals surface area contributed by atoms with E-state index in [0.717, 1.165) is 18.8 Å². The highest BCUT2D eigenvalue weighted by atomic mass is 16.5. The summed E-state index contributed by atoms with van der Waals surface area (Å²) in [5.74, 6) is 0.810. The van der Waals surface area contributed by atoms with Crippen LogP contribution in [0.5, 0.6) is 0 Å². The van der Waals surface area contributed by atoms with Crippen molar-refractivity contribution in [1.29, 1.82) is 0 Å². The van der Waals surface area contributed by atoms with E-state index in [0.29, 0.717) is 19.6 Å². The van der Waals surface area contributed by atoms with Gasteiger partial charge in [0.1, 0.15) is 12.2 Å². The van der Waals surface area contributed by atoms with E-state index in [9.17, 15) is 5.11 Å². The van der Waals surface area contributed by atoms with Crippen LogP contribution in [0.25, 0.3) is 0 Å². The third-order valence-corrected chi connectivity index (χ3v) is 2.07. The molecule has 0 aliphatic carbocycles. The fourth-order valence-electron chi connectivity index (χ4n) is 1.34. The van der Waals surface area contributed by atoms with E-state index in [1.165, 1.54) is 6.33 Å². The van der Waals surface area contributed by atoms with Crippen LogP contribution in [0.4, 0.5) is 0 Å². The molecule has 0 aliphatic rings. The molecule has 1 aromatic heterocycles. The Balaban J connectivity index is 2.33. The Morgan fingerprint density at radius 1 is 1.53 bits per heavy atom. The molecule has 0 aliphatic heterocycles. The number of aromatic nitrogens is 3. The average molecular weight is 213 g/mol. The van der Waals surface area contributed by atoms with E-state index in [1.807, 2.05) is 13.8 Å². The van der Waals surface area contributed by atoms with Gasteiger partial charge in [-0.2, -0.15) is 5.10 Å². The molecule has 1 unspecified atom stereocenters. The molecule has 5 nitrogen and oxygen atoms in total. The first-order valence-corrected chi connectivity index (χ1v) is 5.40. The second-order valence-electron chi connectivity index (χ2n) is 3.42. The van der Waals surface area contributed by atoms with Gasteiger partial charge >= 0.3 is 0 Å². The van der Waals surface area contributed by atoms with Crippen molar-refractivity contribution in [3.63, 3.8) is 0 Å². The van der Waals surface area contributed by atoms with Crippen LogP contribution >= 0.6 is 0 Å². The fraction of sp³-hybridized carbons (Fsp3) is 0.800. The maximum atomic E-state index is 9.66. The molecule has 0 radical (unpaired) electrons. The van der Waals surface area contributed by atoms with Crippen LogP contribution in [0.2, 0.25) is 0 Å². The summed E-state index contributed by atoms with van der Waals surface area (Å²) in [5.41, 5.74) is 0. The zero-order chi connectivity index (χ0) is 11.1. The Hall–Kier alpha value is -0.940. The van der Waals surface area contributed by atoms with E-state index in [2.05, 4.69) is 10.1 Å². The van der Waals surface area contributed by atoms with Gasteiger partial charge in [0.05, 0.1) is 12.7 Å². The molecule has 0 amide bonds. The van der Waals surface area contributed by atoms with Gasteiger partial charge in [0.2, 0.25) is 0 Å². The first-order chi connectivity index (χ1) is 7.27. The molecular weight excluding hydrogens is 194 g/mol. The zero-order valence-corrected chi connectivity index (χ0v) is 9.39. The number of aryl methyl sites for hydroxylation is 1. The lowest BCUT2D eigenvalue weighted by molar-refractivity contribution is 0.0359. The van der Waals surface area contributed by atoms with Crippen molar-refractivity contribution in [1.82, 2.24) is 14.8 Å². The number of aliphatic hydroxyl groups excluding tert-OH is 1. The molecule has 1 rings (SSSR count). The number of ether oxygens (including phenoxy) is 1. The number of aliphatic hydroxyl groups is 1. The molecule has 0 saturated heterocycles. The first-order valence-electron chi connectivity index (χ1n) is 5.40. The van der Waals surface area contributed by atoms with Gasteiger partial charge in [0.25, 0.3) is 0 Å². The Morgan fingerprint density at radius 3 is 3.00 bits per heavy atom. The largest absolute Gasteiger partial charge is 0.390 e. The molecule has 1 heterocycles. The molecule has 0 aromatic carbocycles. The molecule has 0 fully saturated rings. The molecule has 0 bridgehead atoms. The van der Waals surface area contributed by atoms with Gasteiger partial charge < -0.3 is 9.84 Å². The molecule has 1 N–H and O–H groups in total. The average Bonchev–Trinajstić information content (AvgIpc) is 2.65. The SMILES string of the molecule is CCCOCC(O)Cc1ncnn1CC. The normalized spacial score (nSPS) is 13.0. The lowest BCUT2D eigenvalue weighted by Crippen LogP contribution is -2.21. The third kappa shape index (κ3) is 3.97. The van der Waals surface area contributed by atoms with Crippen LogP contribution in [-0.2, 0) is 17.7 Å². The summed E-state index contributed by atoms with van der Waals surface area (Å²) in [6.07, 6.45) is 2.49. The second-order valence-corrected chi connectivity index (χ2v) is 3.42. The molecule has 5 heteroatoms. The van der Waals surface area contributed by atoms with Crippen LogP contribution < -0.4 is 0 Å². The molecular formula is C10H19N3O2. The summed E-state index contributed by atoms with van der Waals surface area (Å²) in [7, 11) is 0. The number of hydrogen-bond donors (Lipinski definition) is 1. The van der Waals surface area contributed by atoms with E-state index >= 15 is 0 Å². The van der Waals surface area contributed by atoms with Crippen molar-refractivity contribution in [2.75, 3.05) is 13.2 Å². The van der Waals surface area contributed by atoms with Gasteiger partial charge in [-0.05, 0) is 13.3 Å². The summed E-state index contributed by atoms with van der Waals surface area (Å²) >= 11 is 0. The smallest absolute Gasteiger partial charge is 0.138 e. The first kappa shape index (κ1) is 12.1. The predicted molar refractivity (Wildman–Crippen MR) is 56.5 cm³/mol. The highest BCUT2D eigenvalue weighted by Crippen LogP contribution is 2.00. The quantitative estimate of drug-likeness (QED) is 0.675. The maximum absolute atomic E-state index is 9.66. The maximum Gasteiger partial charge on any atom is 0.138 e. The third-order valence-electron chi connectivity index (χ3n) is 2.07. The van der Waals surface area contributed by atoms with E-state index in [4.69, 9.17) is 4.74 Å². The minimum Gasteiger partial charge on any atom is -0.390 e. The van der Waals surface area contributed by atoms with Gasteiger partial charge in [0, 0.05) is 19.6 Å². The Morgan fingerprint density at radius 2 is 2.33 bits per heavy atom. The standard InChI is InChI=1S/C10H19N3O2/c1-3-5-15-7-9(14)6-10-11-8-12-13(10)4-2/h8-9,14H,3-7H2,1-2H3. The highest BCUT2D eigenvalue weighted by Gasteiger charge is 2.10. The van der Waals surface area contributed by atoms with Crippen LogP contribution in [0.1, 0.15) is 26.1 Å². The van der Waals surface area contributed by atoms with Crippen molar-refractivity contribution < 1.29 is 9.84 Å². The summed E-state index contributed by atoms with van der Waals surface area (Å²) in [4.78, 5) is 4.09. The Kier molecular flexibility index (Phi) is 5.28. The van der Waals surface area contributed by atoms with Gasteiger partial charge in [-0.3, -0.25) is 4.68 Å². The van der Waals surface area contributed by atoms with Crippen molar-refractivity contribution >= 4 is 0 Å². The summed E-state index contributed by atoms with van der Waals surface area (Å²) in [6, 6.07) is 0. The Bertz CT molecular complexity index is 275. The van der Waals surface area contributed by atoms with Crippen molar-refractivity contribution in [3.05, 3.63) is 12.2 Å². The van der Waals surface area contributed by atoms with Crippen molar-refractivity contribution in [2.24, 2.45) is 0 Å². The van der Waals surface area contributed by atoms with E-state index < -0.39 is 6.10 Å². The van der Waals surface area contributed by atoms with Gasteiger partial charge in [0.15, 0.2) is 0 Å². The predicted octanol–water partition coefficient (Wildman–Crippen LogP) is 0.628. The van der Waals surface area contributed by atoms with Gasteiger partial charge in [-0.25, -0.2) is 4.98 Å². The molecule has 15 heavy (non-hydrogen) atoms. The molecule has 0 spiro atoms. The topological polar surface area (TPSA) is 60.2 Å². The zero-order valence-electron chi connectivity index (χ0n) is 9.39. The molecule has 0 saturated carbocycles. The summed E-state index contributed by atoms with van der Waals surface area (Å²) < 4.78 is 7.04. The fourth-order valence-corrected chi connectivity index (χ4v) is 1.34. The number of nitrogens with zero attached hydrogens (tertiary/aromatic N) is 3. The minimum atomic E-state index is -0.494. The lowest BCUT2D eigenvalue weighted by atomic mass is 10.2. The van der Waals surface area contributed by atoms with Crippen molar-refractivity contribution in [3.8, 4) is 0 Å². The Labute approximate surface area is 90.1 Å². The number of hydrogen-bond acceptors (Lipinski definition) is 4. The van der Waals surface area contributed by atoms with E-state index in [1.54, 1.807) is 4.68 Å². The summed E-state index contributed by atoms with van der Waals surface area (Å²) in [6.45, 7) is 5.87. The number of rotatable bonds is 7. The molecule has 1 atom stereocenters. The highest BCUT2D eigenvalue weighted by molar-refractivity contribution is 4.87. The second kappa shape index (κ2) is 6.53. The van der Waals surface area contributed by atoms with Crippen LogP contribution in [-0.4, -0.2) is 39.2 Å². The van der Waals surface area contributed by atoms with Gasteiger partial charge in [-0.1, -0.05) is 6.92 Å². The van der Waals surface area contributed by atoms with Crippen LogP contribution in [0, 0.1) is 0 Å². The van der Waals surface area contributed by atoms with Crippen molar-refractivity contribution in [2.45, 2.75) is 39.3 Å². The molecule has 86 valence electrons. The minimum absolute atomic E-state index is 0.365. The monoisotopic (exact) mass is 213 g/mol. The lowest BCUT2D eigenvalue weighted by Gasteiger charge is -2.10. The molecule has 1 aromatic rings. The summed E-state index contributed by atoms with van der Waals surface area (Å²) in [5, 5.41) is 13.7. The van der Waals surface area contributed by atoms with Gasteiger partial charge in [-0.15, -0.1) is 0 Å². The van der Waals surface area contributed by atoms with Crippen LogP contribution in [0.3, 0.4) is 0 Å².